The van der Waals surface area contributed by atoms with Crippen LogP contribution < -0.4 is 0 Å². The van der Waals surface area contributed by atoms with Crippen LogP contribution in [0.5, 0.6) is 0 Å². The summed E-state index contributed by atoms with van der Waals surface area (Å²) in [7, 11) is 3.92. The van der Waals surface area contributed by atoms with Crippen molar-refractivity contribution in [1.82, 2.24) is 0 Å². The van der Waals surface area contributed by atoms with Crippen molar-refractivity contribution < 1.29 is 19.8 Å². The number of carbonyl (C=O) groups is 2. The molecule has 1 aromatic rings. The summed E-state index contributed by atoms with van der Waals surface area (Å²) < 4.78 is 0. The number of hydrogen-bond donors (Lipinski definition) is 2. The highest BCUT2D eigenvalue weighted by molar-refractivity contribution is 8.77. The van der Waals surface area contributed by atoms with Gasteiger partial charge in [0.15, 0.2) is 0 Å². The Morgan fingerprint density at radius 1 is 1.08 bits per heavy atom. The smallest absolute Gasteiger partial charge is 0.314 e. The molecular weight excluding hydrogens is 368 g/mol. The third-order valence-corrected chi connectivity index (χ3v) is 8.09. The molecule has 26 heavy (non-hydrogen) atoms. The second kappa shape index (κ2) is 10.9. The van der Waals surface area contributed by atoms with Gasteiger partial charge in [-0.25, -0.2) is 0 Å². The molecule has 1 saturated heterocycles. The van der Waals surface area contributed by atoms with Crippen LogP contribution in [0.15, 0.2) is 30.3 Å². The van der Waals surface area contributed by atoms with E-state index in [1.165, 1.54) is 18.6 Å². The molecule has 1 saturated carbocycles. The first kappa shape index (κ1) is 21.2. The lowest BCUT2D eigenvalue weighted by Crippen LogP contribution is -2.32. The van der Waals surface area contributed by atoms with E-state index in [1.54, 1.807) is 0 Å². The number of benzene rings is 1. The summed E-state index contributed by atoms with van der Waals surface area (Å²) in [6.45, 7) is 0. The van der Waals surface area contributed by atoms with Gasteiger partial charge in [0.25, 0.3) is 0 Å². The van der Waals surface area contributed by atoms with Crippen molar-refractivity contribution in [2.24, 2.45) is 0 Å². The van der Waals surface area contributed by atoms with Gasteiger partial charge in [-0.05, 0) is 37.7 Å². The van der Waals surface area contributed by atoms with E-state index < -0.39 is 17.4 Å². The van der Waals surface area contributed by atoms with Crippen molar-refractivity contribution >= 4 is 33.5 Å². The zero-order chi connectivity index (χ0) is 18.8. The van der Waals surface area contributed by atoms with Crippen molar-refractivity contribution in [3.63, 3.8) is 0 Å². The fraction of sp³-hybridized carbons (Fsp3) is 0.600. The normalized spacial score (nSPS) is 21.0. The quantitative estimate of drug-likeness (QED) is 0.477. The Bertz CT molecular complexity index is 564. The molecule has 1 aliphatic carbocycles. The Hall–Kier alpha value is -1.14. The largest absolute Gasteiger partial charge is 0.481 e. The number of carboxylic acids is 2. The number of aliphatic carboxylic acids is 2. The number of carboxylic acid groups (broad SMARTS) is 2. The third kappa shape index (κ3) is 6.23. The van der Waals surface area contributed by atoms with Gasteiger partial charge in [-0.15, -0.1) is 0 Å². The molecule has 3 rings (SSSR count). The SMILES string of the molecule is O=C(O)C1(c2ccccc2)CCCC1.O=C(O)CCCCC1CCSS1. The Kier molecular flexibility index (Phi) is 8.85. The first-order valence-corrected chi connectivity index (χ1v) is 11.7. The lowest BCUT2D eigenvalue weighted by atomic mass is 9.79. The predicted octanol–water partition coefficient (Wildman–Crippen LogP) is 5.37. The second-order valence-electron chi connectivity index (χ2n) is 6.93. The van der Waals surface area contributed by atoms with Crippen LogP contribution in [0.3, 0.4) is 0 Å². The van der Waals surface area contributed by atoms with Crippen molar-refractivity contribution in [3.8, 4) is 0 Å². The minimum Gasteiger partial charge on any atom is -0.481 e. The van der Waals surface area contributed by atoms with Crippen molar-refractivity contribution in [1.29, 1.82) is 0 Å². The van der Waals surface area contributed by atoms with E-state index in [1.807, 2.05) is 51.9 Å². The highest BCUT2D eigenvalue weighted by atomic mass is 33.1. The van der Waals surface area contributed by atoms with E-state index in [4.69, 9.17) is 5.11 Å². The predicted molar refractivity (Wildman–Crippen MR) is 109 cm³/mol. The molecule has 0 bridgehead atoms. The van der Waals surface area contributed by atoms with E-state index in [-0.39, 0.29) is 0 Å². The third-order valence-electron chi connectivity index (χ3n) is 5.09. The van der Waals surface area contributed by atoms with Crippen LogP contribution in [0.1, 0.15) is 63.4 Å². The Morgan fingerprint density at radius 2 is 1.77 bits per heavy atom. The summed E-state index contributed by atoms with van der Waals surface area (Å²) in [6.07, 6.45) is 8.39. The van der Waals surface area contributed by atoms with Crippen molar-refractivity contribution in [3.05, 3.63) is 35.9 Å². The van der Waals surface area contributed by atoms with Gasteiger partial charge in [-0.3, -0.25) is 9.59 Å². The summed E-state index contributed by atoms with van der Waals surface area (Å²) >= 11 is 0. The van der Waals surface area contributed by atoms with Gasteiger partial charge in [0, 0.05) is 17.4 Å². The number of rotatable bonds is 7. The van der Waals surface area contributed by atoms with Gasteiger partial charge in [-0.2, -0.15) is 0 Å². The molecule has 0 radical (unpaired) electrons. The Balaban J connectivity index is 0.000000190. The monoisotopic (exact) mass is 396 g/mol. The standard InChI is InChI=1S/C12H14O2.C8H14O2S2/c13-11(14)12(8-4-5-9-12)10-6-2-1-3-7-10;9-8(10)4-2-1-3-7-5-6-11-12-7/h1-3,6-7H,4-5,8-9H2,(H,13,14);7H,1-6H2,(H,9,10). The fourth-order valence-electron chi connectivity index (χ4n) is 3.57. The Labute approximate surface area is 163 Å². The molecule has 1 aromatic carbocycles. The molecule has 4 nitrogen and oxygen atoms in total. The van der Waals surface area contributed by atoms with Crippen LogP contribution in [0.25, 0.3) is 0 Å². The van der Waals surface area contributed by atoms with Crippen molar-refractivity contribution in [2.75, 3.05) is 5.75 Å². The molecule has 1 atom stereocenters. The zero-order valence-electron chi connectivity index (χ0n) is 15.1. The zero-order valence-corrected chi connectivity index (χ0v) is 16.7. The summed E-state index contributed by atoms with van der Waals surface area (Å²) in [5.74, 6) is -0.0569. The molecule has 6 heteroatoms. The highest BCUT2D eigenvalue weighted by Crippen LogP contribution is 2.41. The molecule has 0 aromatic heterocycles. The highest BCUT2D eigenvalue weighted by Gasteiger charge is 2.42. The summed E-state index contributed by atoms with van der Waals surface area (Å²) in [5, 5.41) is 18.5. The molecule has 2 aliphatic rings. The molecule has 1 aliphatic heterocycles. The van der Waals surface area contributed by atoms with E-state index in [2.05, 4.69) is 0 Å². The maximum absolute atomic E-state index is 11.3. The van der Waals surface area contributed by atoms with Crippen LogP contribution in [0, 0.1) is 0 Å². The van der Waals surface area contributed by atoms with Crippen LogP contribution in [0.4, 0.5) is 0 Å². The molecular formula is C20H28O4S2. The van der Waals surface area contributed by atoms with Crippen LogP contribution in [-0.2, 0) is 15.0 Å². The molecule has 1 unspecified atom stereocenters. The number of hydrogen-bond acceptors (Lipinski definition) is 4. The lowest BCUT2D eigenvalue weighted by Gasteiger charge is -2.24. The maximum Gasteiger partial charge on any atom is 0.314 e. The van der Waals surface area contributed by atoms with Gasteiger partial charge in [0.2, 0.25) is 0 Å². The Morgan fingerprint density at radius 3 is 2.31 bits per heavy atom. The van der Waals surface area contributed by atoms with E-state index in [0.717, 1.165) is 49.3 Å². The van der Waals surface area contributed by atoms with E-state index in [0.29, 0.717) is 6.42 Å². The molecule has 2 fully saturated rings. The van der Waals surface area contributed by atoms with Gasteiger partial charge < -0.3 is 10.2 Å². The molecule has 0 spiro atoms. The molecule has 2 N–H and O–H groups in total. The first-order valence-electron chi connectivity index (χ1n) is 9.33. The summed E-state index contributed by atoms with van der Waals surface area (Å²) in [5.41, 5.74) is 0.367. The van der Waals surface area contributed by atoms with E-state index in [9.17, 15) is 14.7 Å². The van der Waals surface area contributed by atoms with Gasteiger partial charge in [0.05, 0.1) is 5.41 Å². The van der Waals surface area contributed by atoms with Crippen molar-refractivity contribution in [2.45, 2.75) is 68.5 Å². The van der Waals surface area contributed by atoms with Crippen LogP contribution in [-0.4, -0.2) is 33.2 Å². The minimum absolute atomic E-state index is 0.338. The van der Waals surface area contributed by atoms with Gasteiger partial charge >= 0.3 is 11.9 Å². The first-order chi connectivity index (χ1) is 12.5. The lowest BCUT2D eigenvalue weighted by molar-refractivity contribution is -0.143. The average molecular weight is 397 g/mol. The van der Waals surface area contributed by atoms with Crippen LogP contribution >= 0.6 is 21.6 Å². The summed E-state index contributed by atoms with van der Waals surface area (Å²) in [4.78, 5) is 21.5. The topological polar surface area (TPSA) is 74.6 Å². The molecule has 0 amide bonds. The second-order valence-corrected chi connectivity index (χ2v) is 9.72. The fourth-order valence-corrected chi connectivity index (χ4v) is 6.60. The van der Waals surface area contributed by atoms with Gasteiger partial charge in [0.1, 0.15) is 0 Å². The molecule has 144 valence electrons. The average Bonchev–Trinajstić information content (AvgIpc) is 3.32. The van der Waals surface area contributed by atoms with E-state index >= 15 is 0 Å². The molecule has 1 heterocycles. The van der Waals surface area contributed by atoms with Gasteiger partial charge in [-0.1, -0.05) is 71.2 Å². The minimum atomic E-state index is -0.666. The summed E-state index contributed by atoms with van der Waals surface area (Å²) in [6, 6.07) is 9.61. The number of unbranched alkanes of at least 4 members (excludes halogenated alkanes) is 1. The maximum atomic E-state index is 11.3. The van der Waals surface area contributed by atoms with Crippen LogP contribution in [0.2, 0.25) is 0 Å².